The largest absolute Gasteiger partial charge is 0.295 e. The van der Waals surface area contributed by atoms with Crippen LogP contribution in [0.5, 0.6) is 0 Å². The average Bonchev–Trinajstić information content (AvgIpc) is 2.24. The van der Waals surface area contributed by atoms with E-state index in [0.717, 1.165) is 23.8 Å². The van der Waals surface area contributed by atoms with Gasteiger partial charge >= 0.3 is 0 Å². The molecule has 0 N–H and O–H groups in total. The van der Waals surface area contributed by atoms with E-state index in [4.69, 9.17) is 0 Å². The monoisotopic (exact) mass is 220 g/mol. The highest BCUT2D eigenvalue weighted by Crippen LogP contribution is 2.54. The molecule has 0 saturated heterocycles. The van der Waals surface area contributed by atoms with Crippen molar-refractivity contribution in [3.8, 4) is 0 Å². The molecule has 90 valence electrons. The van der Waals surface area contributed by atoms with Gasteiger partial charge in [-0.25, -0.2) is 0 Å². The van der Waals surface area contributed by atoms with Crippen LogP contribution in [-0.2, 0) is 4.79 Å². The number of carbonyl (C=O) groups excluding carboxylic acids is 1. The van der Waals surface area contributed by atoms with Crippen molar-refractivity contribution in [2.75, 3.05) is 0 Å². The lowest BCUT2D eigenvalue weighted by Crippen LogP contribution is -2.43. The van der Waals surface area contributed by atoms with E-state index < -0.39 is 0 Å². The van der Waals surface area contributed by atoms with Crippen molar-refractivity contribution in [1.29, 1.82) is 0 Å². The fourth-order valence-corrected chi connectivity index (χ4v) is 3.77. The second-order valence-electron chi connectivity index (χ2n) is 6.24. The molecule has 0 spiro atoms. The van der Waals surface area contributed by atoms with Crippen LogP contribution < -0.4 is 0 Å². The van der Waals surface area contributed by atoms with E-state index in [-0.39, 0.29) is 5.78 Å². The predicted octanol–water partition coefficient (Wildman–Crippen LogP) is 3.98. The zero-order valence-corrected chi connectivity index (χ0v) is 11.0. The second-order valence-corrected chi connectivity index (χ2v) is 6.24. The molecule has 1 fully saturated rings. The molecule has 2 rings (SSSR count). The molecule has 0 aliphatic heterocycles. The van der Waals surface area contributed by atoms with E-state index >= 15 is 0 Å². The summed E-state index contributed by atoms with van der Waals surface area (Å²) in [5, 5.41) is 0. The minimum atomic E-state index is 0.285. The van der Waals surface area contributed by atoms with Crippen LogP contribution in [-0.4, -0.2) is 5.78 Å². The maximum absolute atomic E-state index is 11.5. The SMILES string of the molecule is CC(=O)C1=CC2[C@H](C)CCC(C)[C@]2(C)CC1. The third-order valence-electron chi connectivity index (χ3n) is 5.32. The van der Waals surface area contributed by atoms with E-state index in [1.165, 1.54) is 19.3 Å². The Balaban J connectivity index is 2.33. The van der Waals surface area contributed by atoms with Crippen molar-refractivity contribution in [3.63, 3.8) is 0 Å². The van der Waals surface area contributed by atoms with Crippen LogP contribution in [0.2, 0.25) is 0 Å². The van der Waals surface area contributed by atoms with Gasteiger partial charge in [-0.3, -0.25) is 4.79 Å². The number of hydrogen-bond donors (Lipinski definition) is 0. The van der Waals surface area contributed by atoms with Crippen LogP contribution in [0, 0.1) is 23.2 Å². The summed E-state index contributed by atoms with van der Waals surface area (Å²) in [5.74, 6) is 2.46. The van der Waals surface area contributed by atoms with Gasteiger partial charge in [0.1, 0.15) is 0 Å². The molecule has 0 amide bonds. The zero-order chi connectivity index (χ0) is 11.9. The average molecular weight is 220 g/mol. The summed E-state index contributed by atoms with van der Waals surface area (Å²) in [4.78, 5) is 11.5. The Hall–Kier alpha value is -0.590. The number of Topliss-reactive ketones (excluding diaryl/α,β-unsaturated/α-hetero) is 1. The molecule has 2 unspecified atom stereocenters. The van der Waals surface area contributed by atoms with Gasteiger partial charge in [0.2, 0.25) is 0 Å². The van der Waals surface area contributed by atoms with Crippen molar-refractivity contribution >= 4 is 5.78 Å². The molecule has 1 heteroatoms. The third-order valence-corrected chi connectivity index (χ3v) is 5.32. The Kier molecular flexibility index (Phi) is 2.98. The quantitative estimate of drug-likeness (QED) is 0.653. The summed E-state index contributed by atoms with van der Waals surface area (Å²) in [7, 11) is 0. The van der Waals surface area contributed by atoms with E-state index in [2.05, 4.69) is 26.8 Å². The molecular weight excluding hydrogens is 196 g/mol. The number of hydrogen-bond acceptors (Lipinski definition) is 1. The van der Waals surface area contributed by atoms with Crippen LogP contribution >= 0.6 is 0 Å². The highest BCUT2D eigenvalue weighted by molar-refractivity contribution is 5.93. The number of rotatable bonds is 1. The third kappa shape index (κ3) is 1.74. The molecule has 0 bridgehead atoms. The molecule has 0 aromatic rings. The summed E-state index contributed by atoms with van der Waals surface area (Å²) in [6.07, 6.45) is 7.20. The van der Waals surface area contributed by atoms with Gasteiger partial charge in [0, 0.05) is 0 Å². The van der Waals surface area contributed by atoms with E-state index in [9.17, 15) is 4.79 Å². The maximum atomic E-state index is 11.5. The van der Waals surface area contributed by atoms with Crippen LogP contribution in [0.15, 0.2) is 11.6 Å². The summed E-state index contributed by atoms with van der Waals surface area (Å²) >= 11 is 0. The molecule has 0 aromatic heterocycles. The smallest absolute Gasteiger partial charge is 0.155 e. The first-order valence-corrected chi connectivity index (χ1v) is 6.67. The van der Waals surface area contributed by atoms with Crippen molar-refractivity contribution in [2.24, 2.45) is 23.2 Å². The van der Waals surface area contributed by atoms with Gasteiger partial charge < -0.3 is 0 Å². The molecule has 2 aliphatic rings. The number of allylic oxidation sites excluding steroid dienone is 2. The maximum Gasteiger partial charge on any atom is 0.155 e. The molecule has 0 aromatic carbocycles. The Labute approximate surface area is 99.3 Å². The highest BCUT2D eigenvalue weighted by Gasteiger charge is 2.45. The van der Waals surface area contributed by atoms with Gasteiger partial charge in [-0.1, -0.05) is 26.8 Å². The standard InChI is InChI=1S/C15H24O/c1-10-5-6-11(2)15(4)8-7-13(12(3)16)9-14(10)15/h9-11,14H,5-8H2,1-4H3/t10-,11?,14?,15+/m1/s1. The zero-order valence-electron chi connectivity index (χ0n) is 11.0. The van der Waals surface area contributed by atoms with Gasteiger partial charge in [0.25, 0.3) is 0 Å². The lowest BCUT2D eigenvalue weighted by molar-refractivity contribution is -0.114. The molecule has 16 heavy (non-hydrogen) atoms. The van der Waals surface area contributed by atoms with Crippen LogP contribution in [0.3, 0.4) is 0 Å². The van der Waals surface area contributed by atoms with Gasteiger partial charge in [-0.05, 0) is 61.3 Å². The summed E-state index contributed by atoms with van der Waals surface area (Å²) in [6.45, 7) is 8.90. The number of ketones is 1. The lowest BCUT2D eigenvalue weighted by atomic mass is 9.54. The first-order valence-electron chi connectivity index (χ1n) is 6.67. The molecule has 4 atom stereocenters. The normalized spacial score (nSPS) is 43.5. The minimum absolute atomic E-state index is 0.285. The van der Waals surface area contributed by atoms with E-state index in [0.29, 0.717) is 11.3 Å². The van der Waals surface area contributed by atoms with Crippen LogP contribution in [0.25, 0.3) is 0 Å². The summed E-state index contributed by atoms with van der Waals surface area (Å²) in [6, 6.07) is 0. The van der Waals surface area contributed by atoms with Crippen LogP contribution in [0.1, 0.15) is 53.4 Å². The van der Waals surface area contributed by atoms with Gasteiger partial charge in [0.05, 0.1) is 0 Å². The first kappa shape index (κ1) is 11.9. The molecule has 0 heterocycles. The van der Waals surface area contributed by atoms with Crippen molar-refractivity contribution in [2.45, 2.75) is 53.4 Å². The second kappa shape index (κ2) is 4.01. The fourth-order valence-electron chi connectivity index (χ4n) is 3.77. The van der Waals surface area contributed by atoms with Crippen LogP contribution in [0.4, 0.5) is 0 Å². The van der Waals surface area contributed by atoms with E-state index in [1.54, 1.807) is 6.92 Å². The Morgan fingerprint density at radius 3 is 2.69 bits per heavy atom. The Morgan fingerprint density at radius 2 is 2.06 bits per heavy atom. The van der Waals surface area contributed by atoms with Crippen molar-refractivity contribution in [3.05, 3.63) is 11.6 Å². The van der Waals surface area contributed by atoms with Crippen molar-refractivity contribution in [1.82, 2.24) is 0 Å². The number of carbonyl (C=O) groups is 1. The lowest BCUT2D eigenvalue weighted by Gasteiger charge is -2.51. The first-order chi connectivity index (χ1) is 7.45. The Morgan fingerprint density at radius 1 is 1.38 bits per heavy atom. The highest BCUT2D eigenvalue weighted by atomic mass is 16.1. The molecule has 2 aliphatic carbocycles. The topological polar surface area (TPSA) is 17.1 Å². The van der Waals surface area contributed by atoms with Crippen molar-refractivity contribution < 1.29 is 4.79 Å². The van der Waals surface area contributed by atoms with Gasteiger partial charge in [0.15, 0.2) is 5.78 Å². The van der Waals surface area contributed by atoms with Gasteiger partial charge in [-0.15, -0.1) is 0 Å². The van der Waals surface area contributed by atoms with Gasteiger partial charge in [-0.2, -0.15) is 0 Å². The molecule has 0 radical (unpaired) electrons. The molecule has 1 nitrogen and oxygen atoms in total. The van der Waals surface area contributed by atoms with E-state index in [1.807, 2.05) is 0 Å². The summed E-state index contributed by atoms with van der Waals surface area (Å²) < 4.78 is 0. The molecular formula is C15H24O. The number of fused-ring (bicyclic) bond motifs is 1. The predicted molar refractivity (Wildman–Crippen MR) is 67.2 cm³/mol. The fraction of sp³-hybridized carbons (Fsp3) is 0.800. The summed E-state index contributed by atoms with van der Waals surface area (Å²) in [5.41, 5.74) is 1.53. The Bertz CT molecular complexity index is 328. The molecule has 1 saturated carbocycles. The minimum Gasteiger partial charge on any atom is -0.295 e.